The fraction of sp³-hybridized carbons (Fsp3) is 0.676. The van der Waals surface area contributed by atoms with E-state index in [4.69, 9.17) is 0 Å². The van der Waals surface area contributed by atoms with Crippen LogP contribution in [0.2, 0.25) is 0 Å². The van der Waals surface area contributed by atoms with Gasteiger partial charge in [-0.05, 0) is 74.8 Å². The minimum Gasteiger partial charge on any atom is -0.479 e. The van der Waals surface area contributed by atoms with Crippen molar-refractivity contribution >= 4 is 29.7 Å². The van der Waals surface area contributed by atoms with Crippen molar-refractivity contribution in [3.05, 3.63) is 35.4 Å². The molecule has 1 aromatic carbocycles. The molecule has 4 N–H and O–H groups in total. The highest BCUT2D eigenvalue weighted by molar-refractivity contribution is 5.97. The molecule has 45 heavy (non-hydrogen) atoms. The predicted molar refractivity (Wildman–Crippen MR) is 166 cm³/mol. The molecule has 2 aliphatic carbocycles. The first-order valence-electron chi connectivity index (χ1n) is 17.1. The van der Waals surface area contributed by atoms with Crippen molar-refractivity contribution in [2.24, 2.45) is 11.8 Å². The molecule has 244 valence electrons. The van der Waals surface area contributed by atoms with E-state index in [9.17, 15) is 29.1 Å². The van der Waals surface area contributed by atoms with Crippen molar-refractivity contribution in [1.82, 2.24) is 25.8 Å². The van der Waals surface area contributed by atoms with E-state index in [0.717, 1.165) is 75.3 Å². The van der Waals surface area contributed by atoms with Gasteiger partial charge in [-0.15, -0.1) is 0 Å². The summed E-state index contributed by atoms with van der Waals surface area (Å²) in [5.41, 5.74) is 0.536. The summed E-state index contributed by atoms with van der Waals surface area (Å²) in [5.74, 6) is -1.54. The van der Waals surface area contributed by atoms with Gasteiger partial charge in [-0.25, -0.2) is 9.59 Å². The highest BCUT2D eigenvalue weighted by atomic mass is 16.4. The SMILES string of the molecule is O=C(N[C@H]1CCCCCCCC2C[C@@]2(C(=O)O)NC(=O)[C@@H]2CCCN2C1=O)N[C@H](CN1CCc2ccccc2C1=O)C1CCC1. The number of rotatable bonds is 6. The quantitative estimate of drug-likeness (QED) is 0.384. The smallest absolute Gasteiger partial charge is 0.329 e. The average molecular weight is 622 g/mol. The fourth-order valence-electron chi connectivity index (χ4n) is 7.89. The van der Waals surface area contributed by atoms with Gasteiger partial charge in [0, 0.05) is 25.2 Å². The van der Waals surface area contributed by atoms with E-state index in [-0.39, 0.29) is 29.7 Å². The van der Waals surface area contributed by atoms with Crippen LogP contribution in [-0.4, -0.2) is 87.9 Å². The lowest BCUT2D eigenvalue weighted by atomic mass is 9.79. The van der Waals surface area contributed by atoms with E-state index in [0.29, 0.717) is 45.3 Å². The molecule has 0 spiro atoms. The Morgan fingerprint density at radius 1 is 0.933 bits per heavy atom. The fourth-order valence-corrected chi connectivity index (χ4v) is 7.89. The lowest BCUT2D eigenvalue weighted by Gasteiger charge is -2.39. The number of carbonyl (C=O) groups is 5. The Hall–Kier alpha value is -3.63. The van der Waals surface area contributed by atoms with Crippen LogP contribution in [0.25, 0.3) is 0 Å². The van der Waals surface area contributed by atoms with Crippen LogP contribution in [0.1, 0.15) is 99.4 Å². The first-order valence-corrected chi connectivity index (χ1v) is 17.1. The molecule has 0 radical (unpaired) electrons. The third kappa shape index (κ3) is 6.67. The lowest BCUT2D eigenvalue weighted by Crippen LogP contribution is -2.59. The molecule has 6 rings (SSSR count). The van der Waals surface area contributed by atoms with E-state index in [2.05, 4.69) is 16.0 Å². The van der Waals surface area contributed by atoms with E-state index in [1.54, 1.807) is 4.90 Å². The summed E-state index contributed by atoms with van der Waals surface area (Å²) in [6.45, 7) is 1.42. The first-order chi connectivity index (χ1) is 21.8. The van der Waals surface area contributed by atoms with Crippen LogP contribution in [0.5, 0.6) is 0 Å². The van der Waals surface area contributed by atoms with Crippen LogP contribution in [0, 0.1) is 11.8 Å². The number of hydrogen-bond donors (Lipinski definition) is 4. The van der Waals surface area contributed by atoms with Crippen LogP contribution < -0.4 is 16.0 Å². The molecule has 11 heteroatoms. The molecule has 2 saturated heterocycles. The summed E-state index contributed by atoms with van der Waals surface area (Å²) in [4.78, 5) is 69.7. The Kier molecular flexibility index (Phi) is 9.33. The van der Waals surface area contributed by atoms with Crippen LogP contribution in [0.4, 0.5) is 4.79 Å². The number of carboxylic acids is 1. The second-order valence-electron chi connectivity index (χ2n) is 13.8. The van der Waals surface area contributed by atoms with E-state index < -0.39 is 35.5 Å². The normalized spacial score (nSPS) is 30.0. The standard InChI is InChI=1S/C34H47N5O6/c40-29-28-16-9-18-39(28)31(42)26(15-5-3-1-2-4-13-24-20-34(24,37-29)32(43)44)35-33(45)36-27(23-11-8-12-23)21-38-19-17-22-10-6-7-14-25(22)30(38)41/h6-7,10,14,23-24,26-28H,1-5,8-9,11-13,15-21H2,(H,37,40)(H,43,44)(H2,35,36,45)/t24?,26-,27+,28-,34+/m0/s1. The van der Waals surface area contributed by atoms with Gasteiger partial charge in [0.1, 0.15) is 17.6 Å². The molecule has 5 atom stereocenters. The molecular formula is C34H47N5O6. The van der Waals surface area contributed by atoms with Crippen LogP contribution >= 0.6 is 0 Å². The second kappa shape index (κ2) is 13.4. The summed E-state index contributed by atoms with van der Waals surface area (Å²) in [6, 6.07) is 5.48. The van der Waals surface area contributed by atoms with Gasteiger partial charge in [0.2, 0.25) is 11.8 Å². The number of benzene rings is 1. The number of urea groups is 1. The lowest BCUT2D eigenvalue weighted by molar-refractivity contribution is -0.145. The molecule has 11 nitrogen and oxygen atoms in total. The highest BCUT2D eigenvalue weighted by Gasteiger charge is 2.61. The molecule has 5 aliphatic rings. The van der Waals surface area contributed by atoms with Gasteiger partial charge in [0.25, 0.3) is 5.91 Å². The van der Waals surface area contributed by atoms with E-state index in [1.807, 2.05) is 29.2 Å². The van der Waals surface area contributed by atoms with Crippen molar-refractivity contribution in [3.8, 4) is 0 Å². The van der Waals surface area contributed by atoms with Crippen molar-refractivity contribution in [2.75, 3.05) is 19.6 Å². The molecule has 1 aromatic rings. The first kappa shape index (κ1) is 31.4. The summed E-state index contributed by atoms with van der Waals surface area (Å²) in [6.07, 6.45) is 11.1. The van der Waals surface area contributed by atoms with Gasteiger partial charge >= 0.3 is 12.0 Å². The Bertz CT molecular complexity index is 1320. The zero-order chi connectivity index (χ0) is 31.6. The monoisotopic (exact) mass is 621 g/mol. The zero-order valence-electron chi connectivity index (χ0n) is 26.1. The Labute approximate surface area is 264 Å². The highest BCUT2D eigenvalue weighted by Crippen LogP contribution is 2.47. The Morgan fingerprint density at radius 2 is 1.69 bits per heavy atom. The second-order valence-corrected chi connectivity index (χ2v) is 13.8. The third-order valence-electron chi connectivity index (χ3n) is 11.0. The molecule has 2 saturated carbocycles. The number of nitrogens with one attached hydrogen (secondary N) is 3. The minimum absolute atomic E-state index is 0.0130. The van der Waals surface area contributed by atoms with E-state index in [1.165, 1.54) is 0 Å². The van der Waals surface area contributed by atoms with Gasteiger partial charge in [-0.2, -0.15) is 0 Å². The molecule has 1 unspecified atom stereocenters. The number of carbonyl (C=O) groups excluding carboxylic acids is 4. The van der Waals surface area contributed by atoms with Gasteiger partial charge in [-0.3, -0.25) is 14.4 Å². The zero-order valence-corrected chi connectivity index (χ0v) is 26.1. The third-order valence-corrected chi connectivity index (χ3v) is 11.0. The number of hydrogen-bond acceptors (Lipinski definition) is 5. The molecule has 4 fully saturated rings. The van der Waals surface area contributed by atoms with Crippen LogP contribution in [0.3, 0.4) is 0 Å². The van der Waals surface area contributed by atoms with Gasteiger partial charge in [-0.1, -0.05) is 56.7 Å². The van der Waals surface area contributed by atoms with Crippen LogP contribution in [0.15, 0.2) is 24.3 Å². The van der Waals surface area contributed by atoms with Crippen LogP contribution in [-0.2, 0) is 20.8 Å². The molecular weight excluding hydrogens is 574 g/mol. The molecule has 0 aromatic heterocycles. The summed E-state index contributed by atoms with van der Waals surface area (Å²) in [5, 5.41) is 18.9. The van der Waals surface area contributed by atoms with Gasteiger partial charge < -0.3 is 30.9 Å². The van der Waals surface area contributed by atoms with Crippen molar-refractivity contribution in [2.45, 2.75) is 114 Å². The predicted octanol–water partition coefficient (Wildman–Crippen LogP) is 3.22. The molecule has 3 heterocycles. The summed E-state index contributed by atoms with van der Waals surface area (Å²) >= 11 is 0. The minimum atomic E-state index is -1.24. The van der Waals surface area contributed by atoms with Gasteiger partial charge in [0.15, 0.2) is 0 Å². The van der Waals surface area contributed by atoms with Crippen molar-refractivity contribution in [1.29, 1.82) is 0 Å². The van der Waals surface area contributed by atoms with Gasteiger partial charge in [0.05, 0.1) is 6.04 Å². The maximum Gasteiger partial charge on any atom is 0.329 e. The topological polar surface area (TPSA) is 148 Å². The summed E-state index contributed by atoms with van der Waals surface area (Å²) < 4.78 is 0. The number of carboxylic acid groups (broad SMARTS) is 1. The van der Waals surface area contributed by atoms with E-state index >= 15 is 0 Å². The Balaban J connectivity index is 1.13. The largest absolute Gasteiger partial charge is 0.479 e. The average Bonchev–Trinajstić information content (AvgIpc) is 3.46. The Morgan fingerprint density at radius 3 is 2.44 bits per heavy atom. The number of amides is 5. The number of nitrogens with zero attached hydrogens (tertiary/aromatic N) is 2. The molecule has 3 aliphatic heterocycles. The molecule has 0 bridgehead atoms. The molecule has 5 amide bonds. The van der Waals surface area contributed by atoms with Crippen molar-refractivity contribution in [3.63, 3.8) is 0 Å². The maximum atomic E-state index is 13.9. The maximum absolute atomic E-state index is 13.9. The summed E-state index contributed by atoms with van der Waals surface area (Å²) in [7, 11) is 0. The number of aliphatic carboxylic acids is 1. The van der Waals surface area contributed by atoms with Crippen molar-refractivity contribution < 1.29 is 29.1 Å². The number of fused-ring (bicyclic) bond motifs is 3.